The second-order valence-electron chi connectivity index (χ2n) is 10.1. The summed E-state index contributed by atoms with van der Waals surface area (Å²) in [6.45, 7) is 13.1. The van der Waals surface area contributed by atoms with Gasteiger partial charge in [0.05, 0.1) is 6.10 Å². The Labute approximate surface area is 180 Å². The second kappa shape index (κ2) is 11.0. The third-order valence-corrected chi connectivity index (χ3v) is 8.48. The van der Waals surface area contributed by atoms with Crippen LogP contribution in [0.25, 0.3) is 0 Å². The molecular formula is C27H45NO. The molecule has 4 unspecified atom stereocenters. The van der Waals surface area contributed by atoms with Crippen molar-refractivity contribution in [3.05, 3.63) is 35.9 Å². The first-order valence-electron chi connectivity index (χ1n) is 12.4. The molecule has 0 N–H and O–H groups in total. The summed E-state index contributed by atoms with van der Waals surface area (Å²) in [7, 11) is 0. The fourth-order valence-corrected chi connectivity index (χ4v) is 5.98. The van der Waals surface area contributed by atoms with Crippen molar-refractivity contribution in [3.63, 3.8) is 0 Å². The van der Waals surface area contributed by atoms with Crippen molar-refractivity contribution in [1.29, 1.82) is 0 Å². The van der Waals surface area contributed by atoms with Gasteiger partial charge in [0.25, 0.3) is 0 Å². The largest absolute Gasteiger partial charge is 0.378 e. The summed E-state index contributed by atoms with van der Waals surface area (Å²) in [5.41, 5.74) is 1.82. The molecule has 2 heteroatoms. The number of rotatable bonds is 9. The molecule has 164 valence electrons. The van der Waals surface area contributed by atoms with E-state index in [0.29, 0.717) is 17.6 Å². The van der Waals surface area contributed by atoms with E-state index in [1.54, 1.807) is 0 Å². The highest BCUT2D eigenvalue weighted by atomic mass is 16.5. The molecule has 2 aliphatic rings. The minimum atomic E-state index is 0.378. The van der Waals surface area contributed by atoms with Crippen molar-refractivity contribution in [2.45, 2.75) is 104 Å². The maximum absolute atomic E-state index is 6.45. The van der Waals surface area contributed by atoms with E-state index in [4.69, 9.17) is 4.74 Å². The summed E-state index contributed by atoms with van der Waals surface area (Å²) in [4.78, 5) is 2.72. The van der Waals surface area contributed by atoms with Gasteiger partial charge in [0, 0.05) is 19.2 Å². The average molecular weight is 400 g/mol. The van der Waals surface area contributed by atoms with Crippen LogP contribution >= 0.6 is 0 Å². The Morgan fingerprint density at radius 3 is 2.48 bits per heavy atom. The first-order chi connectivity index (χ1) is 14.0. The van der Waals surface area contributed by atoms with Crippen molar-refractivity contribution in [2.24, 2.45) is 17.3 Å². The van der Waals surface area contributed by atoms with Crippen LogP contribution in [0.5, 0.6) is 0 Å². The molecule has 0 radical (unpaired) electrons. The molecular weight excluding hydrogens is 354 g/mol. The lowest BCUT2D eigenvalue weighted by Gasteiger charge is -2.51. The molecule has 1 aliphatic heterocycles. The standard InChI is InChI=1S/C27H45NO/c1-5-26(25-15-10-7-11-16-25)29-20-12-18-27(4)22(2)17-19-28(23(27)3)21-24-13-8-6-9-14-24/h6,8-9,13-14,22-23,25-26H,5,7,10-12,15-21H2,1-4H3. The zero-order valence-electron chi connectivity index (χ0n) is 19.5. The van der Waals surface area contributed by atoms with E-state index in [-0.39, 0.29) is 0 Å². The van der Waals surface area contributed by atoms with Crippen LogP contribution < -0.4 is 0 Å². The van der Waals surface area contributed by atoms with Gasteiger partial charge in [0.15, 0.2) is 0 Å². The van der Waals surface area contributed by atoms with Crippen LogP contribution in [-0.4, -0.2) is 30.2 Å². The highest BCUT2D eigenvalue weighted by molar-refractivity contribution is 5.15. The third kappa shape index (κ3) is 5.85. The zero-order valence-corrected chi connectivity index (χ0v) is 19.5. The van der Waals surface area contributed by atoms with E-state index in [1.807, 2.05) is 0 Å². The van der Waals surface area contributed by atoms with Gasteiger partial charge in [-0.15, -0.1) is 0 Å². The summed E-state index contributed by atoms with van der Waals surface area (Å²) in [6.07, 6.45) is 12.5. The summed E-state index contributed by atoms with van der Waals surface area (Å²) < 4.78 is 6.45. The Hall–Kier alpha value is -0.860. The molecule has 1 aliphatic carbocycles. The molecule has 0 aromatic heterocycles. The van der Waals surface area contributed by atoms with Crippen molar-refractivity contribution >= 4 is 0 Å². The molecule has 1 saturated heterocycles. The monoisotopic (exact) mass is 399 g/mol. The van der Waals surface area contributed by atoms with Crippen LogP contribution in [0.15, 0.2) is 30.3 Å². The Morgan fingerprint density at radius 2 is 1.79 bits per heavy atom. The summed E-state index contributed by atoms with van der Waals surface area (Å²) in [5, 5.41) is 0. The van der Waals surface area contributed by atoms with E-state index in [2.05, 4.69) is 62.9 Å². The maximum Gasteiger partial charge on any atom is 0.0600 e. The topological polar surface area (TPSA) is 12.5 Å². The second-order valence-corrected chi connectivity index (χ2v) is 10.1. The number of ether oxygens (including phenoxy) is 1. The van der Waals surface area contributed by atoms with Crippen molar-refractivity contribution in [2.75, 3.05) is 13.2 Å². The lowest BCUT2D eigenvalue weighted by Crippen LogP contribution is -2.52. The van der Waals surface area contributed by atoms with E-state index >= 15 is 0 Å². The molecule has 29 heavy (non-hydrogen) atoms. The number of piperidine rings is 1. The molecule has 1 heterocycles. The number of hydrogen-bond acceptors (Lipinski definition) is 2. The SMILES string of the molecule is CCC(OCCCC1(C)C(C)CCN(Cc2ccccc2)C1C)C1CCCCC1. The molecule has 0 bridgehead atoms. The fourth-order valence-electron chi connectivity index (χ4n) is 5.98. The molecule has 0 amide bonds. The Bertz CT molecular complexity index is 581. The van der Waals surface area contributed by atoms with Gasteiger partial charge in [-0.2, -0.15) is 0 Å². The van der Waals surface area contributed by atoms with Crippen LogP contribution in [-0.2, 0) is 11.3 Å². The number of benzene rings is 1. The number of likely N-dealkylation sites (tertiary alicyclic amines) is 1. The van der Waals surface area contributed by atoms with Gasteiger partial charge in [-0.05, 0) is 74.8 Å². The van der Waals surface area contributed by atoms with Gasteiger partial charge in [-0.3, -0.25) is 4.90 Å². The van der Waals surface area contributed by atoms with E-state index in [1.165, 1.54) is 69.9 Å². The Kier molecular flexibility index (Phi) is 8.62. The van der Waals surface area contributed by atoms with Crippen LogP contribution in [0.2, 0.25) is 0 Å². The molecule has 2 fully saturated rings. The highest BCUT2D eigenvalue weighted by Gasteiger charge is 2.42. The summed E-state index contributed by atoms with van der Waals surface area (Å²) >= 11 is 0. The minimum absolute atomic E-state index is 0.378. The Balaban J connectivity index is 1.50. The summed E-state index contributed by atoms with van der Waals surface area (Å²) in [5.74, 6) is 1.60. The molecule has 0 spiro atoms. The zero-order chi connectivity index (χ0) is 20.7. The highest BCUT2D eigenvalue weighted by Crippen LogP contribution is 2.44. The minimum Gasteiger partial charge on any atom is -0.378 e. The first-order valence-corrected chi connectivity index (χ1v) is 12.4. The van der Waals surface area contributed by atoms with E-state index < -0.39 is 0 Å². The number of nitrogens with zero attached hydrogens (tertiary/aromatic N) is 1. The summed E-state index contributed by atoms with van der Waals surface area (Å²) in [6, 6.07) is 11.6. The average Bonchev–Trinajstić information content (AvgIpc) is 2.76. The maximum atomic E-state index is 6.45. The molecule has 1 aromatic carbocycles. The normalized spacial score (nSPS) is 30.3. The van der Waals surface area contributed by atoms with E-state index in [9.17, 15) is 0 Å². The molecule has 1 aromatic rings. The van der Waals surface area contributed by atoms with Gasteiger partial charge < -0.3 is 4.74 Å². The predicted octanol–water partition coefficient (Wildman–Crippen LogP) is 7.08. The molecule has 4 atom stereocenters. The van der Waals surface area contributed by atoms with Gasteiger partial charge in [-0.25, -0.2) is 0 Å². The van der Waals surface area contributed by atoms with Gasteiger partial charge in [-0.1, -0.05) is 70.4 Å². The Morgan fingerprint density at radius 1 is 1.07 bits per heavy atom. The van der Waals surface area contributed by atoms with Crippen molar-refractivity contribution in [1.82, 2.24) is 4.90 Å². The van der Waals surface area contributed by atoms with Crippen LogP contribution in [0, 0.1) is 17.3 Å². The van der Waals surface area contributed by atoms with Crippen LogP contribution in [0.4, 0.5) is 0 Å². The molecule has 2 nitrogen and oxygen atoms in total. The third-order valence-electron chi connectivity index (χ3n) is 8.48. The smallest absolute Gasteiger partial charge is 0.0600 e. The predicted molar refractivity (Wildman–Crippen MR) is 124 cm³/mol. The number of hydrogen-bond donors (Lipinski definition) is 0. The van der Waals surface area contributed by atoms with Crippen molar-refractivity contribution < 1.29 is 4.74 Å². The quantitative estimate of drug-likeness (QED) is 0.411. The van der Waals surface area contributed by atoms with E-state index in [0.717, 1.165) is 25.0 Å². The van der Waals surface area contributed by atoms with Gasteiger partial charge in [0.2, 0.25) is 0 Å². The van der Waals surface area contributed by atoms with Gasteiger partial charge in [0.1, 0.15) is 0 Å². The fraction of sp³-hybridized carbons (Fsp3) is 0.778. The molecule has 1 saturated carbocycles. The lowest BCUT2D eigenvalue weighted by molar-refractivity contribution is -0.0373. The first kappa shape index (κ1) is 22.8. The van der Waals surface area contributed by atoms with Gasteiger partial charge >= 0.3 is 0 Å². The lowest BCUT2D eigenvalue weighted by atomic mass is 9.65. The van der Waals surface area contributed by atoms with Crippen LogP contribution in [0.1, 0.15) is 91.0 Å². The van der Waals surface area contributed by atoms with Crippen molar-refractivity contribution in [3.8, 4) is 0 Å². The van der Waals surface area contributed by atoms with Crippen LogP contribution in [0.3, 0.4) is 0 Å². The molecule has 3 rings (SSSR count).